The molecule has 0 aliphatic heterocycles. The van der Waals surface area contributed by atoms with Crippen LogP contribution >= 0.6 is 15.9 Å². The lowest BCUT2D eigenvalue weighted by Crippen LogP contribution is -1.96. The number of nitro benzene ring substituents is 1. The molecule has 0 N–H and O–H groups in total. The number of rotatable bonds is 4. The molecule has 0 bridgehead atoms. The SMILES string of the molecule is O=Cc1cnc(Oc2cccc([N+](=O)[O-])c2Br)nc1. The van der Waals surface area contributed by atoms with E-state index in [4.69, 9.17) is 4.74 Å². The van der Waals surface area contributed by atoms with E-state index < -0.39 is 4.92 Å². The summed E-state index contributed by atoms with van der Waals surface area (Å²) in [5.74, 6) is 0.216. The van der Waals surface area contributed by atoms with Crippen LogP contribution in [0.15, 0.2) is 35.1 Å². The number of aldehydes is 1. The number of halogens is 1. The maximum Gasteiger partial charge on any atom is 0.321 e. The topological polar surface area (TPSA) is 95.2 Å². The molecule has 7 nitrogen and oxygen atoms in total. The minimum absolute atomic E-state index is 0.00759. The van der Waals surface area contributed by atoms with Gasteiger partial charge in [0, 0.05) is 18.5 Å². The second-order valence-corrected chi connectivity index (χ2v) is 4.16. The van der Waals surface area contributed by atoms with Crippen molar-refractivity contribution in [3.8, 4) is 11.8 Å². The van der Waals surface area contributed by atoms with Gasteiger partial charge in [-0.1, -0.05) is 6.07 Å². The lowest BCUT2D eigenvalue weighted by Gasteiger charge is -2.05. The molecular weight excluding hydrogens is 318 g/mol. The van der Waals surface area contributed by atoms with Crippen molar-refractivity contribution in [2.24, 2.45) is 0 Å². The molecule has 1 aromatic carbocycles. The van der Waals surface area contributed by atoms with Gasteiger partial charge >= 0.3 is 6.01 Å². The van der Waals surface area contributed by atoms with Gasteiger partial charge in [-0.15, -0.1) is 0 Å². The van der Waals surface area contributed by atoms with Crippen LogP contribution in [0.4, 0.5) is 5.69 Å². The molecule has 0 amide bonds. The van der Waals surface area contributed by atoms with E-state index in [1.54, 1.807) is 0 Å². The summed E-state index contributed by atoms with van der Waals surface area (Å²) >= 11 is 3.09. The Hall–Kier alpha value is -2.35. The third kappa shape index (κ3) is 2.91. The molecule has 96 valence electrons. The highest BCUT2D eigenvalue weighted by atomic mass is 79.9. The molecule has 0 atom stereocenters. The molecule has 0 fully saturated rings. The van der Waals surface area contributed by atoms with Gasteiger partial charge in [0.2, 0.25) is 0 Å². The number of carbonyl (C=O) groups is 1. The van der Waals surface area contributed by atoms with Crippen molar-refractivity contribution >= 4 is 27.9 Å². The molecule has 0 saturated carbocycles. The second-order valence-electron chi connectivity index (χ2n) is 3.37. The number of aromatic nitrogens is 2. The van der Waals surface area contributed by atoms with Crippen molar-refractivity contribution in [3.63, 3.8) is 0 Å². The van der Waals surface area contributed by atoms with Gasteiger partial charge in [-0.25, -0.2) is 9.97 Å². The predicted molar refractivity (Wildman–Crippen MR) is 68.3 cm³/mol. The van der Waals surface area contributed by atoms with Crippen molar-refractivity contribution in [1.82, 2.24) is 9.97 Å². The molecule has 0 spiro atoms. The van der Waals surface area contributed by atoms with Crippen molar-refractivity contribution in [1.29, 1.82) is 0 Å². The Morgan fingerprint density at radius 1 is 1.32 bits per heavy atom. The van der Waals surface area contributed by atoms with Crippen LogP contribution in [-0.4, -0.2) is 21.2 Å². The summed E-state index contributed by atoms with van der Waals surface area (Å²) in [6.45, 7) is 0. The summed E-state index contributed by atoms with van der Waals surface area (Å²) in [5, 5.41) is 10.8. The third-order valence-electron chi connectivity index (χ3n) is 2.13. The lowest BCUT2D eigenvalue weighted by molar-refractivity contribution is -0.385. The number of ether oxygens (including phenoxy) is 1. The molecule has 0 unspecified atom stereocenters. The van der Waals surface area contributed by atoms with E-state index in [0.29, 0.717) is 11.8 Å². The highest BCUT2D eigenvalue weighted by Gasteiger charge is 2.16. The van der Waals surface area contributed by atoms with Gasteiger partial charge in [0.05, 0.1) is 10.5 Å². The van der Waals surface area contributed by atoms with Crippen molar-refractivity contribution < 1.29 is 14.5 Å². The van der Waals surface area contributed by atoms with E-state index in [9.17, 15) is 14.9 Å². The Labute approximate surface area is 115 Å². The minimum atomic E-state index is -0.534. The molecule has 1 heterocycles. The Balaban J connectivity index is 2.30. The van der Waals surface area contributed by atoms with Crippen LogP contribution in [0.3, 0.4) is 0 Å². The van der Waals surface area contributed by atoms with E-state index in [-0.39, 0.29) is 21.9 Å². The lowest BCUT2D eigenvalue weighted by atomic mass is 10.3. The van der Waals surface area contributed by atoms with Crippen LogP contribution in [0.25, 0.3) is 0 Å². The second kappa shape index (κ2) is 5.53. The average molecular weight is 324 g/mol. The summed E-state index contributed by atoms with van der Waals surface area (Å²) in [7, 11) is 0. The summed E-state index contributed by atoms with van der Waals surface area (Å²) in [6, 6.07) is 4.35. The molecule has 2 aromatic rings. The zero-order valence-electron chi connectivity index (χ0n) is 9.32. The van der Waals surface area contributed by atoms with E-state index in [1.807, 2.05) is 0 Å². The van der Waals surface area contributed by atoms with E-state index >= 15 is 0 Å². The third-order valence-corrected chi connectivity index (χ3v) is 2.92. The van der Waals surface area contributed by atoms with Crippen molar-refractivity contribution in [2.75, 3.05) is 0 Å². The first-order valence-electron chi connectivity index (χ1n) is 5.00. The highest BCUT2D eigenvalue weighted by Crippen LogP contribution is 2.35. The first kappa shape index (κ1) is 13.1. The van der Waals surface area contributed by atoms with Gasteiger partial charge < -0.3 is 4.74 Å². The smallest absolute Gasteiger partial charge is 0.321 e. The van der Waals surface area contributed by atoms with Crippen LogP contribution in [0.1, 0.15) is 10.4 Å². The summed E-state index contributed by atoms with van der Waals surface area (Å²) in [5.41, 5.74) is 0.187. The minimum Gasteiger partial charge on any atom is -0.423 e. The molecule has 0 radical (unpaired) electrons. The molecule has 0 aliphatic carbocycles. The summed E-state index contributed by atoms with van der Waals surface area (Å²) < 4.78 is 5.51. The van der Waals surface area contributed by atoms with Crippen molar-refractivity contribution in [2.45, 2.75) is 0 Å². The van der Waals surface area contributed by atoms with Gasteiger partial charge in [0.25, 0.3) is 5.69 Å². The number of hydrogen-bond donors (Lipinski definition) is 0. The Bertz CT molecular complexity index is 630. The Morgan fingerprint density at radius 2 is 2.00 bits per heavy atom. The fraction of sp³-hybridized carbons (Fsp3) is 0. The zero-order chi connectivity index (χ0) is 13.8. The monoisotopic (exact) mass is 323 g/mol. The van der Waals surface area contributed by atoms with Gasteiger partial charge in [0.1, 0.15) is 4.47 Å². The van der Waals surface area contributed by atoms with Crippen LogP contribution in [0.2, 0.25) is 0 Å². The van der Waals surface area contributed by atoms with Gasteiger partial charge in [-0.3, -0.25) is 14.9 Å². The average Bonchev–Trinajstić information content (AvgIpc) is 2.41. The van der Waals surface area contributed by atoms with E-state index in [0.717, 1.165) is 0 Å². The number of nitro groups is 1. The van der Waals surface area contributed by atoms with Crippen LogP contribution < -0.4 is 4.74 Å². The summed E-state index contributed by atoms with van der Waals surface area (Å²) in [4.78, 5) is 28.3. The standard InChI is InChI=1S/C11H6BrN3O4/c12-10-8(15(17)18)2-1-3-9(10)19-11-13-4-7(6-16)5-14-11/h1-6H. The van der Waals surface area contributed by atoms with Crippen LogP contribution in [0.5, 0.6) is 11.8 Å². The van der Waals surface area contributed by atoms with E-state index in [2.05, 4.69) is 25.9 Å². The fourth-order valence-corrected chi connectivity index (χ4v) is 1.75. The highest BCUT2D eigenvalue weighted by molar-refractivity contribution is 9.10. The van der Waals surface area contributed by atoms with Gasteiger partial charge in [-0.2, -0.15) is 0 Å². The number of benzene rings is 1. The molecule has 8 heteroatoms. The Morgan fingerprint density at radius 3 is 2.58 bits per heavy atom. The molecule has 1 aromatic heterocycles. The number of nitrogens with zero attached hydrogens (tertiary/aromatic N) is 3. The quantitative estimate of drug-likeness (QED) is 0.487. The van der Waals surface area contributed by atoms with Gasteiger partial charge in [-0.05, 0) is 22.0 Å². The number of carbonyl (C=O) groups excluding carboxylic acids is 1. The van der Waals surface area contributed by atoms with Crippen molar-refractivity contribution in [3.05, 3.63) is 50.7 Å². The first-order valence-corrected chi connectivity index (χ1v) is 5.79. The molecule has 2 rings (SSSR count). The van der Waals surface area contributed by atoms with E-state index in [1.165, 1.54) is 30.6 Å². The zero-order valence-corrected chi connectivity index (χ0v) is 10.9. The Kier molecular flexibility index (Phi) is 3.81. The summed E-state index contributed by atoms with van der Waals surface area (Å²) in [6.07, 6.45) is 3.19. The van der Waals surface area contributed by atoms with Gasteiger partial charge in [0.15, 0.2) is 12.0 Å². The maximum atomic E-state index is 10.8. The first-order chi connectivity index (χ1) is 9.11. The number of hydrogen-bond acceptors (Lipinski definition) is 6. The molecule has 0 aliphatic rings. The predicted octanol–water partition coefficient (Wildman–Crippen LogP) is 2.75. The molecule has 0 saturated heterocycles. The molecule has 19 heavy (non-hydrogen) atoms. The normalized spacial score (nSPS) is 9.95. The largest absolute Gasteiger partial charge is 0.423 e. The molecular formula is C11H6BrN3O4. The maximum absolute atomic E-state index is 10.8. The fourth-order valence-electron chi connectivity index (χ4n) is 1.26. The van der Waals surface area contributed by atoms with Crippen LogP contribution in [0, 0.1) is 10.1 Å². The van der Waals surface area contributed by atoms with Crippen LogP contribution in [-0.2, 0) is 0 Å².